The molecule has 2 aliphatic rings. The maximum Gasteiger partial charge on any atom is 0.139 e. The fourth-order valence-corrected chi connectivity index (χ4v) is 2.34. The molecular weight excluding hydrogens is 178 g/mol. The number of ether oxygens (including phenoxy) is 1. The molecule has 0 aliphatic carbocycles. The second kappa shape index (κ2) is 4.89. The highest BCUT2D eigenvalue weighted by Gasteiger charge is 2.25. The average Bonchev–Trinajstić information content (AvgIpc) is 2.72. The number of carbonyl (C=O) groups excluding carboxylic acids is 1. The molecule has 1 N–H and O–H groups in total. The summed E-state index contributed by atoms with van der Waals surface area (Å²) in [4.78, 5) is 11.8. The molecule has 0 saturated carbocycles. The Bertz CT molecular complexity index is 193. The molecule has 2 heterocycles. The summed E-state index contributed by atoms with van der Waals surface area (Å²) in [5.74, 6) is 0.593. The van der Waals surface area contributed by atoms with Crippen molar-refractivity contribution in [1.82, 2.24) is 5.32 Å². The Morgan fingerprint density at radius 3 is 2.93 bits per heavy atom. The molecule has 2 rings (SSSR count). The molecule has 0 radical (unpaired) electrons. The minimum absolute atomic E-state index is 0.186. The Morgan fingerprint density at radius 1 is 1.36 bits per heavy atom. The highest BCUT2D eigenvalue weighted by molar-refractivity contribution is 5.81. The largest absolute Gasteiger partial charge is 0.381 e. The molecule has 2 aliphatic heterocycles. The maximum atomic E-state index is 11.8. The van der Waals surface area contributed by atoms with Gasteiger partial charge in [0, 0.05) is 25.0 Å². The Balaban J connectivity index is 1.75. The first-order valence-corrected chi connectivity index (χ1v) is 5.70. The zero-order chi connectivity index (χ0) is 9.80. The van der Waals surface area contributed by atoms with Crippen molar-refractivity contribution in [1.29, 1.82) is 0 Å². The molecule has 2 unspecified atom stereocenters. The molecule has 2 fully saturated rings. The van der Waals surface area contributed by atoms with E-state index in [1.165, 1.54) is 12.8 Å². The number of hydrogen-bond donors (Lipinski definition) is 1. The normalized spacial score (nSPS) is 33.1. The minimum Gasteiger partial charge on any atom is -0.381 e. The van der Waals surface area contributed by atoms with Crippen molar-refractivity contribution in [2.24, 2.45) is 5.92 Å². The Morgan fingerprint density at radius 2 is 2.29 bits per heavy atom. The van der Waals surface area contributed by atoms with Crippen molar-refractivity contribution in [2.45, 2.75) is 38.1 Å². The van der Waals surface area contributed by atoms with Crippen molar-refractivity contribution in [3.05, 3.63) is 0 Å². The number of carbonyl (C=O) groups is 1. The van der Waals surface area contributed by atoms with Crippen LogP contribution in [0.3, 0.4) is 0 Å². The van der Waals surface area contributed by atoms with Crippen LogP contribution in [-0.4, -0.2) is 31.6 Å². The van der Waals surface area contributed by atoms with Crippen LogP contribution >= 0.6 is 0 Å². The van der Waals surface area contributed by atoms with Crippen molar-refractivity contribution < 1.29 is 9.53 Å². The van der Waals surface area contributed by atoms with Crippen LogP contribution in [0.2, 0.25) is 0 Å². The summed E-state index contributed by atoms with van der Waals surface area (Å²) in [6, 6.07) is 0.449. The number of nitrogens with one attached hydrogen (secondary N) is 1. The molecule has 80 valence electrons. The fraction of sp³-hybridized carbons (Fsp3) is 0.909. The van der Waals surface area contributed by atoms with Gasteiger partial charge in [0.25, 0.3) is 0 Å². The molecule has 2 atom stereocenters. The van der Waals surface area contributed by atoms with Gasteiger partial charge in [0.1, 0.15) is 5.78 Å². The molecule has 0 spiro atoms. The SMILES string of the molecule is O=C(CC1CCCN1)C1CCCOC1. The van der Waals surface area contributed by atoms with Crippen molar-refractivity contribution in [2.75, 3.05) is 19.8 Å². The molecule has 0 aromatic carbocycles. The molecule has 0 amide bonds. The van der Waals surface area contributed by atoms with E-state index in [-0.39, 0.29) is 5.92 Å². The van der Waals surface area contributed by atoms with Crippen LogP contribution in [-0.2, 0) is 9.53 Å². The summed E-state index contributed by atoms with van der Waals surface area (Å²) >= 11 is 0. The second-order valence-electron chi connectivity index (χ2n) is 4.38. The standard InChI is InChI=1S/C11H19NO2/c13-11(7-10-4-1-5-12-10)9-3-2-6-14-8-9/h9-10,12H,1-8H2. The van der Waals surface area contributed by atoms with Gasteiger partial charge in [-0.05, 0) is 32.2 Å². The lowest BCUT2D eigenvalue weighted by molar-refractivity contribution is -0.127. The maximum absolute atomic E-state index is 11.8. The van der Waals surface area contributed by atoms with Gasteiger partial charge in [-0.1, -0.05) is 0 Å². The molecule has 2 saturated heterocycles. The summed E-state index contributed by atoms with van der Waals surface area (Å²) in [7, 11) is 0. The third kappa shape index (κ3) is 2.55. The van der Waals surface area contributed by atoms with E-state index >= 15 is 0 Å². The first-order valence-electron chi connectivity index (χ1n) is 5.70. The molecular formula is C11H19NO2. The number of rotatable bonds is 3. The molecule has 3 nitrogen and oxygen atoms in total. The highest BCUT2D eigenvalue weighted by Crippen LogP contribution is 2.19. The van der Waals surface area contributed by atoms with Crippen molar-refractivity contribution in [3.63, 3.8) is 0 Å². The van der Waals surface area contributed by atoms with E-state index in [0.29, 0.717) is 24.9 Å². The molecule has 0 aromatic heterocycles. The zero-order valence-electron chi connectivity index (χ0n) is 8.63. The third-order valence-corrected chi connectivity index (χ3v) is 3.23. The number of hydrogen-bond acceptors (Lipinski definition) is 3. The van der Waals surface area contributed by atoms with E-state index < -0.39 is 0 Å². The summed E-state index contributed by atoms with van der Waals surface area (Å²) in [5.41, 5.74) is 0. The van der Waals surface area contributed by atoms with Crippen LogP contribution < -0.4 is 5.32 Å². The van der Waals surface area contributed by atoms with Gasteiger partial charge in [-0.3, -0.25) is 4.79 Å². The molecule has 0 aromatic rings. The van der Waals surface area contributed by atoms with Crippen LogP contribution in [0.1, 0.15) is 32.1 Å². The topological polar surface area (TPSA) is 38.3 Å². The predicted molar refractivity (Wildman–Crippen MR) is 54.2 cm³/mol. The quantitative estimate of drug-likeness (QED) is 0.737. The van der Waals surface area contributed by atoms with Crippen LogP contribution in [0.4, 0.5) is 0 Å². The Kier molecular flexibility index (Phi) is 3.54. The van der Waals surface area contributed by atoms with E-state index in [9.17, 15) is 4.79 Å². The van der Waals surface area contributed by atoms with E-state index in [4.69, 9.17) is 4.74 Å². The lowest BCUT2D eigenvalue weighted by Gasteiger charge is -2.22. The Hall–Kier alpha value is -0.410. The van der Waals surface area contributed by atoms with Gasteiger partial charge in [0.2, 0.25) is 0 Å². The lowest BCUT2D eigenvalue weighted by atomic mass is 9.93. The van der Waals surface area contributed by atoms with E-state index in [1.807, 2.05) is 0 Å². The average molecular weight is 197 g/mol. The van der Waals surface area contributed by atoms with Gasteiger partial charge >= 0.3 is 0 Å². The van der Waals surface area contributed by atoms with Gasteiger partial charge in [-0.25, -0.2) is 0 Å². The summed E-state index contributed by atoms with van der Waals surface area (Å²) in [6.07, 6.45) is 5.19. The minimum atomic E-state index is 0.186. The smallest absolute Gasteiger partial charge is 0.139 e. The van der Waals surface area contributed by atoms with E-state index in [1.54, 1.807) is 0 Å². The molecule has 14 heavy (non-hydrogen) atoms. The van der Waals surface area contributed by atoms with Crippen LogP contribution in [0.15, 0.2) is 0 Å². The monoisotopic (exact) mass is 197 g/mol. The van der Waals surface area contributed by atoms with Crippen LogP contribution in [0.5, 0.6) is 0 Å². The van der Waals surface area contributed by atoms with E-state index in [0.717, 1.165) is 26.0 Å². The van der Waals surface area contributed by atoms with Gasteiger partial charge in [0.15, 0.2) is 0 Å². The van der Waals surface area contributed by atoms with Gasteiger partial charge < -0.3 is 10.1 Å². The van der Waals surface area contributed by atoms with Crippen molar-refractivity contribution >= 4 is 5.78 Å². The third-order valence-electron chi connectivity index (χ3n) is 3.23. The van der Waals surface area contributed by atoms with Crippen LogP contribution in [0.25, 0.3) is 0 Å². The van der Waals surface area contributed by atoms with E-state index in [2.05, 4.69) is 5.32 Å². The summed E-state index contributed by atoms with van der Waals surface area (Å²) in [5, 5.41) is 3.36. The van der Waals surface area contributed by atoms with Crippen LogP contribution in [0, 0.1) is 5.92 Å². The fourth-order valence-electron chi connectivity index (χ4n) is 2.34. The zero-order valence-corrected chi connectivity index (χ0v) is 8.63. The lowest BCUT2D eigenvalue weighted by Crippen LogP contribution is -2.31. The molecule has 0 bridgehead atoms. The Labute approximate surface area is 85.2 Å². The van der Waals surface area contributed by atoms with Gasteiger partial charge in [-0.2, -0.15) is 0 Å². The molecule has 3 heteroatoms. The summed E-state index contributed by atoms with van der Waals surface area (Å²) < 4.78 is 5.33. The first-order chi connectivity index (χ1) is 6.86. The summed E-state index contributed by atoms with van der Waals surface area (Å²) in [6.45, 7) is 2.58. The number of Topliss-reactive ketones (excluding diaryl/α,β-unsaturated/α-hetero) is 1. The first kappa shape index (κ1) is 10.1. The number of ketones is 1. The second-order valence-corrected chi connectivity index (χ2v) is 4.38. The van der Waals surface area contributed by atoms with Crippen molar-refractivity contribution in [3.8, 4) is 0 Å². The highest BCUT2D eigenvalue weighted by atomic mass is 16.5. The predicted octanol–water partition coefficient (Wildman–Crippen LogP) is 1.12. The van der Waals surface area contributed by atoms with Gasteiger partial charge in [0.05, 0.1) is 6.61 Å². The van der Waals surface area contributed by atoms with Gasteiger partial charge in [-0.15, -0.1) is 0 Å².